The molecular formula is C8H9F2NO2. The number of ether oxygens (including phenoxy) is 1. The van der Waals surface area contributed by atoms with E-state index in [2.05, 4.69) is 9.72 Å². The lowest BCUT2D eigenvalue weighted by Crippen LogP contribution is -2.04. The molecule has 0 fully saturated rings. The van der Waals surface area contributed by atoms with E-state index in [-0.39, 0.29) is 17.9 Å². The van der Waals surface area contributed by atoms with Crippen molar-refractivity contribution in [3.05, 3.63) is 23.5 Å². The first kappa shape index (κ1) is 9.70. The van der Waals surface area contributed by atoms with Gasteiger partial charge in [0.1, 0.15) is 5.69 Å². The van der Waals surface area contributed by atoms with E-state index < -0.39 is 12.4 Å². The molecule has 0 atom stereocenters. The Morgan fingerprint density at radius 3 is 2.85 bits per heavy atom. The molecule has 1 aromatic heterocycles. The minimum atomic E-state index is -2.57. The summed E-state index contributed by atoms with van der Waals surface area (Å²) >= 11 is 0. The highest BCUT2D eigenvalue weighted by atomic mass is 19.3. The van der Waals surface area contributed by atoms with Gasteiger partial charge in [-0.1, -0.05) is 0 Å². The van der Waals surface area contributed by atoms with Crippen LogP contribution in [0, 0.1) is 0 Å². The van der Waals surface area contributed by atoms with E-state index in [1.807, 2.05) is 0 Å². The fraction of sp³-hybridized carbons (Fsp3) is 0.375. The van der Waals surface area contributed by atoms with Crippen molar-refractivity contribution in [2.45, 2.75) is 13.3 Å². The second-order valence-corrected chi connectivity index (χ2v) is 2.37. The molecule has 1 rings (SSSR count). The van der Waals surface area contributed by atoms with Gasteiger partial charge in [-0.2, -0.15) is 0 Å². The Bertz CT molecular complexity index is 296. The molecule has 5 heteroatoms. The predicted octanol–water partition coefficient (Wildman–Crippen LogP) is 2.13. The first-order valence-electron chi connectivity index (χ1n) is 3.78. The van der Waals surface area contributed by atoms with Crippen molar-refractivity contribution >= 4 is 5.97 Å². The highest BCUT2D eigenvalue weighted by molar-refractivity contribution is 5.87. The molecule has 1 heterocycles. The second-order valence-electron chi connectivity index (χ2n) is 2.37. The van der Waals surface area contributed by atoms with Crippen LogP contribution in [-0.4, -0.2) is 17.6 Å². The van der Waals surface area contributed by atoms with E-state index in [4.69, 9.17) is 0 Å². The Hall–Kier alpha value is -1.39. The molecule has 13 heavy (non-hydrogen) atoms. The SMILES string of the molecule is CCOC(=O)c1cc(C(F)F)c[nH]1. The van der Waals surface area contributed by atoms with Crippen molar-refractivity contribution in [2.24, 2.45) is 0 Å². The molecule has 72 valence electrons. The summed E-state index contributed by atoms with van der Waals surface area (Å²) in [6.07, 6.45) is -1.48. The topological polar surface area (TPSA) is 42.1 Å². The minimum Gasteiger partial charge on any atom is -0.461 e. The van der Waals surface area contributed by atoms with Gasteiger partial charge in [-0.15, -0.1) is 0 Å². The summed E-state index contributed by atoms with van der Waals surface area (Å²) in [5.41, 5.74) is -0.153. The number of halogens is 2. The number of esters is 1. The Balaban J connectivity index is 2.73. The van der Waals surface area contributed by atoms with Crippen molar-refractivity contribution in [3.8, 4) is 0 Å². The average molecular weight is 189 g/mol. The van der Waals surface area contributed by atoms with Gasteiger partial charge in [-0.25, -0.2) is 13.6 Å². The summed E-state index contributed by atoms with van der Waals surface area (Å²) in [6.45, 7) is 1.87. The maximum Gasteiger partial charge on any atom is 0.354 e. The molecule has 1 N–H and O–H groups in total. The van der Waals surface area contributed by atoms with Gasteiger partial charge in [0.2, 0.25) is 0 Å². The van der Waals surface area contributed by atoms with Crippen molar-refractivity contribution < 1.29 is 18.3 Å². The molecular weight excluding hydrogens is 180 g/mol. The molecule has 0 saturated heterocycles. The third-order valence-corrected chi connectivity index (χ3v) is 1.45. The van der Waals surface area contributed by atoms with Crippen LogP contribution in [0.4, 0.5) is 8.78 Å². The summed E-state index contributed by atoms with van der Waals surface area (Å²) in [6, 6.07) is 1.09. The van der Waals surface area contributed by atoms with Crippen molar-refractivity contribution in [1.29, 1.82) is 0 Å². The van der Waals surface area contributed by atoms with Crippen molar-refractivity contribution in [2.75, 3.05) is 6.61 Å². The van der Waals surface area contributed by atoms with Gasteiger partial charge < -0.3 is 9.72 Å². The van der Waals surface area contributed by atoms with Crippen LogP contribution in [0.5, 0.6) is 0 Å². The third kappa shape index (κ3) is 2.27. The standard InChI is InChI=1S/C8H9F2NO2/c1-2-13-8(12)6-3-5(4-11-6)7(9)10/h3-4,7,11H,2H2,1H3. The van der Waals surface area contributed by atoms with Crippen LogP contribution in [0.3, 0.4) is 0 Å². The second kappa shape index (κ2) is 4.02. The van der Waals surface area contributed by atoms with Gasteiger partial charge in [0.05, 0.1) is 6.61 Å². The van der Waals surface area contributed by atoms with E-state index in [0.29, 0.717) is 0 Å². The zero-order valence-corrected chi connectivity index (χ0v) is 7.01. The quantitative estimate of drug-likeness (QED) is 0.740. The number of carbonyl (C=O) groups is 1. The zero-order valence-electron chi connectivity index (χ0n) is 7.01. The fourth-order valence-corrected chi connectivity index (χ4v) is 0.864. The summed E-state index contributed by atoms with van der Waals surface area (Å²) in [5.74, 6) is -0.616. The van der Waals surface area contributed by atoms with Gasteiger partial charge in [-0.05, 0) is 13.0 Å². The van der Waals surface area contributed by atoms with Crippen LogP contribution in [0.15, 0.2) is 12.3 Å². The minimum absolute atomic E-state index is 0.0529. The van der Waals surface area contributed by atoms with Crippen molar-refractivity contribution in [3.63, 3.8) is 0 Å². The summed E-state index contributed by atoms with van der Waals surface area (Å²) < 4.78 is 28.7. The molecule has 0 amide bonds. The molecule has 0 bridgehead atoms. The highest BCUT2D eigenvalue weighted by Gasteiger charge is 2.13. The lowest BCUT2D eigenvalue weighted by Gasteiger charge is -1.96. The van der Waals surface area contributed by atoms with Crippen LogP contribution in [-0.2, 0) is 4.74 Å². The van der Waals surface area contributed by atoms with Crippen LogP contribution < -0.4 is 0 Å². The number of carbonyl (C=O) groups excluding carboxylic acids is 1. The number of nitrogens with one attached hydrogen (secondary N) is 1. The van der Waals surface area contributed by atoms with E-state index in [0.717, 1.165) is 12.3 Å². The first-order chi connectivity index (χ1) is 6.15. The number of H-pyrrole nitrogens is 1. The van der Waals surface area contributed by atoms with Crippen LogP contribution >= 0.6 is 0 Å². The third-order valence-electron chi connectivity index (χ3n) is 1.45. The van der Waals surface area contributed by atoms with Gasteiger partial charge in [-0.3, -0.25) is 0 Å². The summed E-state index contributed by atoms with van der Waals surface area (Å²) in [5, 5.41) is 0. The maximum atomic E-state index is 12.1. The smallest absolute Gasteiger partial charge is 0.354 e. The lowest BCUT2D eigenvalue weighted by molar-refractivity contribution is 0.0520. The molecule has 1 aromatic rings. The Morgan fingerprint density at radius 1 is 1.69 bits per heavy atom. The maximum absolute atomic E-state index is 12.1. The monoisotopic (exact) mass is 189 g/mol. The molecule has 3 nitrogen and oxygen atoms in total. The number of aromatic amines is 1. The molecule has 0 radical (unpaired) electrons. The van der Waals surface area contributed by atoms with Crippen LogP contribution in [0.2, 0.25) is 0 Å². The number of rotatable bonds is 3. The normalized spacial score (nSPS) is 10.5. The fourth-order valence-electron chi connectivity index (χ4n) is 0.864. The summed E-state index contributed by atoms with van der Waals surface area (Å²) in [7, 11) is 0. The number of hydrogen-bond donors (Lipinski definition) is 1. The largest absolute Gasteiger partial charge is 0.461 e. The molecule has 0 aliphatic carbocycles. The van der Waals surface area contributed by atoms with E-state index in [1.54, 1.807) is 6.92 Å². The van der Waals surface area contributed by atoms with Gasteiger partial charge in [0, 0.05) is 11.8 Å². The van der Waals surface area contributed by atoms with Crippen molar-refractivity contribution in [1.82, 2.24) is 4.98 Å². The highest BCUT2D eigenvalue weighted by Crippen LogP contribution is 2.19. The van der Waals surface area contributed by atoms with Gasteiger partial charge >= 0.3 is 5.97 Å². The molecule has 0 aromatic carbocycles. The molecule has 0 aliphatic rings. The number of aromatic nitrogens is 1. The van der Waals surface area contributed by atoms with Crippen LogP contribution in [0.1, 0.15) is 29.4 Å². The Labute approximate surface area is 73.7 Å². The first-order valence-corrected chi connectivity index (χ1v) is 3.78. The van der Waals surface area contributed by atoms with E-state index in [9.17, 15) is 13.6 Å². The number of hydrogen-bond acceptors (Lipinski definition) is 2. The zero-order chi connectivity index (χ0) is 9.84. The molecule has 0 saturated carbocycles. The van der Waals surface area contributed by atoms with Crippen LogP contribution in [0.25, 0.3) is 0 Å². The lowest BCUT2D eigenvalue weighted by atomic mass is 10.3. The molecule has 0 spiro atoms. The summed E-state index contributed by atoms with van der Waals surface area (Å²) in [4.78, 5) is 13.4. The average Bonchev–Trinajstić information content (AvgIpc) is 2.52. The van der Waals surface area contributed by atoms with Gasteiger partial charge in [0.25, 0.3) is 6.43 Å². The number of alkyl halides is 2. The van der Waals surface area contributed by atoms with Gasteiger partial charge in [0.15, 0.2) is 0 Å². The Kier molecular flexibility index (Phi) is 3.00. The molecule has 0 aliphatic heterocycles. The molecule has 0 unspecified atom stereocenters. The predicted molar refractivity (Wildman–Crippen MR) is 41.7 cm³/mol. The van der Waals surface area contributed by atoms with E-state index in [1.165, 1.54) is 0 Å². The van der Waals surface area contributed by atoms with E-state index >= 15 is 0 Å². The Morgan fingerprint density at radius 2 is 2.38 bits per heavy atom.